The first kappa shape index (κ1) is 10.1. The van der Waals surface area contributed by atoms with E-state index in [0.717, 1.165) is 17.1 Å². The zero-order chi connectivity index (χ0) is 9.97. The highest BCUT2D eigenvalue weighted by molar-refractivity contribution is 9.10. The van der Waals surface area contributed by atoms with E-state index in [2.05, 4.69) is 33.4 Å². The van der Waals surface area contributed by atoms with Gasteiger partial charge < -0.3 is 11.1 Å². The van der Waals surface area contributed by atoms with Crippen LogP contribution in [0.4, 0.5) is 0 Å². The van der Waals surface area contributed by atoms with Gasteiger partial charge in [-0.05, 0) is 30.5 Å². The summed E-state index contributed by atoms with van der Waals surface area (Å²) in [6.45, 7) is 0.881. The van der Waals surface area contributed by atoms with Crippen molar-refractivity contribution in [2.45, 2.75) is 24.9 Å². The van der Waals surface area contributed by atoms with Crippen LogP contribution in [0.5, 0.6) is 0 Å². The van der Waals surface area contributed by atoms with Crippen molar-refractivity contribution < 1.29 is 0 Å². The summed E-state index contributed by atoms with van der Waals surface area (Å²) in [4.78, 5) is 0. The van der Waals surface area contributed by atoms with Crippen LogP contribution in [0, 0.1) is 0 Å². The Morgan fingerprint density at radius 1 is 1.36 bits per heavy atom. The summed E-state index contributed by atoms with van der Waals surface area (Å²) in [6, 6.07) is 9.06. The van der Waals surface area contributed by atoms with Gasteiger partial charge in [-0.25, -0.2) is 0 Å². The fraction of sp³-hybridized carbons (Fsp3) is 0.455. The molecule has 2 nitrogen and oxygen atoms in total. The average molecular weight is 255 g/mol. The third kappa shape index (κ3) is 2.80. The molecular formula is C11H15BrN2. The lowest BCUT2D eigenvalue weighted by molar-refractivity contribution is 0.595. The molecule has 0 amide bonds. The minimum absolute atomic E-state index is 0.115. The van der Waals surface area contributed by atoms with Gasteiger partial charge in [0.1, 0.15) is 0 Å². The van der Waals surface area contributed by atoms with E-state index in [-0.39, 0.29) is 6.04 Å². The summed E-state index contributed by atoms with van der Waals surface area (Å²) in [6.07, 6.45) is 2.63. The number of benzene rings is 1. The second-order valence-electron chi connectivity index (χ2n) is 3.84. The van der Waals surface area contributed by atoms with Gasteiger partial charge in [0, 0.05) is 23.1 Å². The fourth-order valence-corrected chi connectivity index (χ4v) is 1.67. The average Bonchev–Trinajstić information content (AvgIpc) is 2.99. The van der Waals surface area contributed by atoms with Crippen molar-refractivity contribution in [2.24, 2.45) is 5.73 Å². The number of hydrogen-bond donors (Lipinski definition) is 2. The topological polar surface area (TPSA) is 38.0 Å². The van der Waals surface area contributed by atoms with Crippen molar-refractivity contribution in [3.05, 3.63) is 34.3 Å². The van der Waals surface area contributed by atoms with Crippen LogP contribution in [0.15, 0.2) is 28.7 Å². The molecule has 1 saturated carbocycles. The van der Waals surface area contributed by atoms with Gasteiger partial charge in [0.05, 0.1) is 0 Å². The molecular weight excluding hydrogens is 240 g/mol. The predicted molar refractivity (Wildman–Crippen MR) is 62.1 cm³/mol. The maximum Gasteiger partial charge on any atom is 0.0421 e. The van der Waals surface area contributed by atoms with Crippen molar-refractivity contribution in [1.82, 2.24) is 5.32 Å². The highest BCUT2D eigenvalue weighted by atomic mass is 79.9. The van der Waals surface area contributed by atoms with Crippen LogP contribution in [-0.4, -0.2) is 12.6 Å². The zero-order valence-corrected chi connectivity index (χ0v) is 9.63. The van der Waals surface area contributed by atoms with E-state index in [0.29, 0.717) is 0 Å². The molecule has 0 bridgehead atoms. The predicted octanol–water partition coefficient (Wildman–Crippen LogP) is 2.20. The van der Waals surface area contributed by atoms with E-state index in [1.165, 1.54) is 18.4 Å². The lowest BCUT2D eigenvalue weighted by Crippen LogP contribution is -2.28. The van der Waals surface area contributed by atoms with E-state index in [4.69, 9.17) is 5.73 Å². The van der Waals surface area contributed by atoms with Crippen molar-refractivity contribution in [2.75, 3.05) is 6.54 Å². The molecule has 0 aromatic heterocycles. The van der Waals surface area contributed by atoms with Crippen molar-refractivity contribution in [1.29, 1.82) is 0 Å². The Kier molecular flexibility index (Phi) is 3.21. The highest BCUT2D eigenvalue weighted by Crippen LogP contribution is 2.20. The quantitative estimate of drug-likeness (QED) is 0.865. The molecule has 76 valence electrons. The number of hydrogen-bond acceptors (Lipinski definition) is 2. The third-order valence-corrected chi connectivity index (χ3v) is 3.03. The second-order valence-corrected chi connectivity index (χ2v) is 4.76. The summed E-state index contributed by atoms with van der Waals surface area (Å²) in [5.74, 6) is 0. The van der Waals surface area contributed by atoms with Gasteiger partial charge in [-0.2, -0.15) is 0 Å². The molecule has 1 aromatic rings. The van der Waals surface area contributed by atoms with Crippen LogP contribution in [0.3, 0.4) is 0 Å². The van der Waals surface area contributed by atoms with E-state index >= 15 is 0 Å². The molecule has 0 aliphatic heterocycles. The molecule has 0 spiro atoms. The first-order valence-corrected chi connectivity index (χ1v) is 5.79. The standard InChI is InChI=1S/C11H15BrN2/c12-9-3-1-8(2-4-9)11(13)7-14-10-5-6-10/h1-4,10-11,14H,5-7,13H2. The van der Waals surface area contributed by atoms with Gasteiger partial charge in [-0.1, -0.05) is 28.1 Å². The Balaban J connectivity index is 1.88. The summed E-state index contributed by atoms with van der Waals surface area (Å²) in [7, 11) is 0. The Morgan fingerprint density at radius 3 is 2.57 bits per heavy atom. The smallest absolute Gasteiger partial charge is 0.0421 e. The SMILES string of the molecule is NC(CNC1CC1)c1ccc(Br)cc1. The van der Waals surface area contributed by atoms with E-state index in [9.17, 15) is 0 Å². The summed E-state index contributed by atoms with van der Waals surface area (Å²) in [5, 5.41) is 3.43. The van der Waals surface area contributed by atoms with Gasteiger partial charge in [0.2, 0.25) is 0 Å². The number of rotatable bonds is 4. The number of nitrogens with two attached hydrogens (primary N) is 1. The normalized spacial score (nSPS) is 18.1. The number of halogens is 1. The van der Waals surface area contributed by atoms with Gasteiger partial charge in [0.15, 0.2) is 0 Å². The summed E-state index contributed by atoms with van der Waals surface area (Å²) in [5.41, 5.74) is 7.24. The zero-order valence-electron chi connectivity index (χ0n) is 8.04. The number of nitrogens with one attached hydrogen (secondary N) is 1. The molecule has 1 aromatic carbocycles. The Bertz CT molecular complexity index is 293. The minimum atomic E-state index is 0.115. The molecule has 1 aliphatic carbocycles. The van der Waals surface area contributed by atoms with Crippen LogP contribution < -0.4 is 11.1 Å². The van der Waals surface area contributed by atoms with E-state index < -0.39 is 0 Å². The second kappa shape index (κ2) is 4.43. The maximum atomic E-state index is 6.04. The fourth-order valence-electron chi connectivity index (χ4n) is 1.41. The van der Waals surface area contributed by atoms with Crippen LogP contribution in [-0.2, 0) is 0 Å². The monoisotopic (exact) mass is 254 g/mol. The summed E-state index contributed by atoms with van der Waals surface area (Å²) < 4.78 is 1.10. The van der Waals surface area contributed by atoms with Crippen LogP contribution >= 0.6 is 15.9 Å². The third-order valence-electron chi connectivity index (χ3n) is 2.50. The first-order chi connectivity index (χ1) is 6.75. The minimum Gasteiger partial charge on any atom is -0.323 e. The Labute approximate surface area is 93.0 Å². The summed E-state index contributed by atoms with van der Waals surface area (Å²) >= 11 is 3.41. The largest absolute Gasteiger partial charge is 0.323 e. The van der Waals surface area contributed by atoms with Crippen molar-refractivity contribution in [3.63, 3.8) is 0 Å². The molecule has 0 heterocycles. The molecule has 1 aliphatic rings. The van der Waals surface area contributed by atoms with Gasteiger partial charge in [0.25, 0.3) is 0 Å². The van der Waals surface area contributed by atoms with Gasteiger partial charge in [-0.15, -0.1) is 0 Å². The molecule has 0 radical (unpaired) electrons. The molecule has 0 saturated heterocycles. The Morgan fingerprint density at radius 2 is 2.00 bits per heavy atom. The molecule has 3 N–H and O–H groups in total. The lowest BCUT2D eigenvalue weighted by Gasteiger charge is -2.12. The maximum absolute atomic E-state index is 6.04. The van der Waals surface area contributed by atoms with E-state index in [1.54, 1.807) is 0 Å². The highest BCUT2D eigenvalue weighted by Gasteiger charge is 2.21. The molecule has 3 heteroatoms. The van der Waals surface area contributed by atoms with E-state index in [1.807, 2.05) is 12.1 Å². The van der Waals surface area contributed by atoms with Crippen molar-refractivity contribution >= 4 is 15.9 Å². The molecule has 1 atom stereocenters. The van der Waals surface area contributed by atoms with Crippen molar-refractivity contribution in [3.8, 4) is 0 Å². The molecule has 1 fully saturated rings. The lowest BCUT2D eigenvalue weighted by atomic mass is 10.1. The Hall–Kier alpha value is -0.380. The van der Waals surface area contributed by atoms with Crippen LogP contribution in [0.25, 0.3) is 0 Å². The molecule has 1 unspecified atom stereocenters. The molecule has 2 rings (SSSR count). The molecule has 14 heavy (non-hydrogen) atoms. The first-order valence-electron chi connectivity index (χ1n) is 5.00. The van der Waals surface area contributed by atoms with Crippen LogP contribution in [0.1, 0.15) is 24.4 Å². The van der Waals surface area contributed by atoms with Gasteiger partial charge >= 0.3 is 0 Å². The van der Waals surface area contributed by atoms with Gasteiger partial charge in [-0.3, -0.25) is 0 Å². The van der Waals surface area contributed by atoms with Crippen LogP contribution in [0.2, 0.25) is 0 Å².